The number of halogens is 1. The van der Waals surface area contributed by atoms with Gasteiger partial charge in [-0.1, -0.05) is 25.1 Å². The molecule has 2 atom stereocenters. The zero-order chi connectivity index (χ0) is 17.8. The zero-order valence-corrected chi connectivity index (χ0v) is 15.1. The number of ether oxygens (including phenoxy) is 2. The number of rotatable bonds is 5. The van der Waals surface area contributed by atoms with Gasteiger partial charge in [-0.2, -0.15) is 0 Å². The standard InChI is InChI=1S/C21H26FNO2/c1-15(2)24-18-9-10-19(22)20(13-18)23-12-11-21(16(3)14-23)25-17-7-5-4-6-8-17/h4-10,13,15-16,21H,11-12,14H2,1-3H3. The molecule has 25 heavy (non-hydrogen) atoms. The highest BCUT2D eigenvalue weighted by Gasteiger charge is 2.29. The molecule has 2 aromatic carbocycles. The van der Waals surface area contributed by atoms with E-state index in [0.717, 1.165) is 25.3 Å². The van der Waals surface area contributed by atoms with Crippen LogP contribution in [0.5, 0.6) is 11.5 Å². The molecule has 0 amide bonds. The Hall–Kier alpha value is -2.23. The van der Waals surface area contributed by atoms with Crippen molar-refractivity contribution in [3.8, 4) is 11.5 Å². The van der Waals surface area contributed by atoms with E-state index in [2.05, 4.69) is 11.8 Å². The molecule has 1 fully saturated rings. The Balaban J connectivity index is 1.68. The summed E-state index contributed by atoms with van der Waals surface area (Å²) in [6.07, 6.45) is 1.09. The molecule has 1 saturated heterocycles. The maximum atomic E-state index is 14.3. The van der Waals surface area contributed by atoms with Gasteiger partial charge in [0.1, 0.15) is 23.4 Å². The molecule has 134 valence electrons. The largest absolute Gasteiger partial charge is 0.491 e. The van der Waals surface area contributed by atoms with Crippen LogP contribution in [-0.4, -0.2) is 25.3 Å². The monoisotopic (exact) mass is 343 g/mol. The summed E-state index contributed by atoms with van der Waals surface area (Å²) in [6, 6.07) is 14.9. The summed E-state index contributed by atoms with van der Waals surface area (Å²) in [4.78, 5) is 2.10. The van der Waals surface area contributed by atoms with Crippen LogP contribution < -0.4 is 14.4 Å². The zero-order valence-electron chi connectivity index (χ0n) is 15.1. The minimum atomic E-state index is -0.203. The minimum Gasteiger partial charge on any atom is -0.491 e. The smallest absolute Gasteiger partial charge is 0.146 e. The molecule has 0 radical (unpaired) electrons. The van der Waals surface area contributed by atoms with Gasteiger partial charge in [-0.15, -0.1) is 0 Å². The molecular weight excluding hydrogens is 317 g/mol. The Labute approximate surface area is 149 Å². The number of benzene rings is 2. The van der Waals surface area contributed by atoms with Crippen LogP contribution in [0.25, 0.3) is 0 Å². The average Bonchev–Trinajstić information content (AvgIpc) is 2.59. The Morgan fingerprint density at radius 3 is 2.52 bits per heavy atom. The summed E-state index contributed by atoms with van der Waals surface area (Å²) in [5, 5.41) is 0. The molecule has 3 nitrogen and oxygen atoms in total. The van der Waals surface area contributed by atoms with Crippen LogP contribution in [0.4, 0.5) is 10.1 Å². The second-order valence-corrected chi connectivity index (χ2v) is 6.96. The van der Waals surface area contributed by atoms with Crippen LogP contribution >= 0.6 is 0 Å². The number of para-hydroxylation sites is 1. The molecule has 0 saturated carbocycles. The molecule has 0 N–H and O–H groups in total. The van der Waals surface area contributed by atoms with Crippen molar-refractivity contribution in [3.05, 3.63) is 54.3 Å². The number of hydrogen-bond donors (Lipinski definition) is 0. The lowest BCUT2D eigenvalue weighted by Crippen LogP contribution is -2.44. The van der Waals surface area contributed by atoms with Crippen molar-refractivity contribution in [2.24, 2.45) is 5.92 Å². The Kier molecular flexibility index (Phi) is 5.47. The molecule has 0 spiro atoms. The summed E-state index contributed by atoms with van der Waals surface area (Å²) >= 11 is 0. The van der Waals surface area contributed by atoms with E-state index in [-0.39, 0.29) is 18.0 Å². The third-order valence-electron chi connectivity index (χ3n) is 4.49. The second-order valence-electron chi connectivity index (χ2n) is 6.96. The highest BCUT2D eigenvalue weighted by atomic mass is 19.1. The molecular formula is C21H26FNO2. The van der Waals surface area contributed by atoms with Crippen LogP contribution in [0.1, 0.15) is 27.2 Å². The van der Waals surface area contributed by atoms with Gasteiger partial charge in [0.2, 0.25) is 0 Å². The van der Waals surface area contributed by atoms with Crippen LogP contribution in [0.3, 0.4) is 0 Å². The highest BCUT2D eigenvalue weighted by molar-refractivity contribution is 5.52. The molecule has 4 heteroatoms. The maximum absolute atomic E-state index is 14.3. The highest BCUT2D eigenvalue weighted by Crippen LogP contribution is 2.31. The quantitative estimate of drug-likeness (QED) is 0.770. The van der Waals surface area contributed by atoms with E-state index in [9.17, 15) is 4.39 Å². The van der Waals surface area contributed by atoms with Gasteiger partial charge >= 0.3 is 0 Å². The van der Waals surface area contributed by atoms with E-state index in [1.54, 1.807) is 12.1 Å². The van der Waals surface area contributed by atoms with E-state index < -0.39 is 0 Å². The Morgan fingerprint density at radius 1 is 1.08 bits per heavy atom. The summed E-state index contributed by atoms with van der Waals surface area (Å²) in [6.45, 7) is 7.63. The topological polar surface area (TPSA) is 21.7 Å². The molecule has 2 unspecified atom stereocenters. The van der Waals surface area contributed by atoms with E-state index >= 15 is 0 Å². The lowest BCUT2D eigenvalue weighted by Gasteiger charge is -2.38. The molecule has 0 bridgehead atoms. The van der Waals surface area contributed by atoms with Gasteiger partial charge in [-0.25, -0.2) is 4.39 Å². The molecule has 1 aliphatic heterocycles. The number of hydrogen-bond acceptors (Lipinski definition) is 3. The van der Waals surface area contributed by atoms with E-state index in [0.29, 0.717) is 17.4 Å². The SMILES string of the molecule is CC(C)Oc1ccc(F)c(N2CCC(Oc3ccccc3)C(C)C2)c1. The van der Waals surface area contributed by atoms with E-state index in [1.165, 1.54) is 6.07 Å². The summed E-state index contributed by atoms with van der Waals surface area (Å²) in [7, 11) is 0. The molecule has 1 heterocycles. The fourth-order valence-corrected chi connectivity index (χ4v) is 3.27. The molecule has 3 rings (SSSR count). The Bertz CT molecular complexity index is 690. The fourth-order valence-electron chi connectivity index (χ4n) is 3.27. The van der Waals surface area contributed by atoms with Gasteiger partial charge in [0.05, 0.1) is 11.8 Å². The first-order valence-corrected chi connectivity index (χ1v) is 8.96. The minimum absolute atomic E-state index is 0.0715. The summed E-state index contributed by atoms with van der Waals surface area (Å²) in [5.41, 5.74) is 0.614. The van der Waals surface area contributed by atoms with Gasteiger partial charge in [0, 0.05) is 31.5 Å². The van der Waals surface area contributed by atoms with Crippen LogP contribution in [0.15, 0.2) is 48.5 Å². The number of anilines is 1. The van der Waals surface area contributed by atoms with Crippen LogP contribution in [0.2, 0.25) is 0 Å². The number of piperidine rings is 1. The first-order chi connectivity index (χ1) is 12.0. The van der Waals surface area contributed by atoms with Gasteiger partial charge < -0.3 is 14.4 Å². The van der Waals surface area contributed by atoms with E-state index in [4.69, 9.17) is 9.47 Å². The van der Waals surface area contributed by atoms with Gasteiger partial charge in [-0.05, 0) is 38.1 Å². The van der Waals surface area contributed by atoms with Gasteiger partial charge in [0.25, 0.3) is 0 Å². The molecule has 2 aromatic rings. The Morgan fingerprint density at radius 2 is 1.84 bits per heavy atom. The normalized spacial score (nSPS) is 20.6. The predicted octanol–water partition coefficient (Wildman–Crippen LogP) is 4.91. The summed E-state index contributed by atoms with van der Waals surface area (Å²) < 4.78 is 26.2. The van der Waals surface area contributed by atoms with Crippen LogP contribution in [-0.2, 0) is 0 Å². The third kappa shape index (κ3) is 4.44. The first-order valence-electron chi connectivity index (χ1n) is 8.96. The van der Waals surface area contributed by atoms with Crippen molar-refractivity contribution >= 4 is 5.69 Å². The second kappa shape index (κ2) is 7.77. The molecule has 0 aromatic heterocycles. The molecule has 1 aliphatic rings. The predicted molar refractivity (Wildman–Crippen MR) is 99.0 cm³/mol. The average molecular weight is 343 g/mol. The van der Waals surface area contributed by atoms with Gasteiger partial charge in [-0.3, -0.25) is 0 Å². The van der Waals surface area contributed by atoms with Crippen molar-refractivity contribution in [2.75, 3.05) is 18.0 Å². The molecule has 0 aliphatic carbocycles. The maximum Gasteiger partial charge on any atom is 0.146 e. The van der Waals surface area contributed by atoms with Crippen molar-refractivity contribution in [2.45, 2.75) is 39.4 Å². The third-order valence-corrected chi connectivity index (χ3v) is 4.49. The summed E-state index contributed by atoms with van der Waals surface area (Å²) in [5.74, 6) is 1.71. The van der Waals surface area contributed by atoms with Crippen molar-refractivity contribution < 1.29 is 13.9 Å². The van der Waals surface area contributed by atoms with Crippen LogP contribution in [0, 0.1) is 11.7 Å². The lowest BCUT2D eigenvalue weighted by atomic mass is 9.95. The van der Waals surface area contributed by atoms with Gasteiger partial charge in [0.15, 0.2) is 0 Å². The van der Waals surface area contributed by atoms with Crippen molar-refractivity contribution in [3.63, 3.8) is 0 Å². The van der Waals surface area contributed by atoms with Crippen molar-refractivity contribution in [1.29, 1.82) is 0 Å². The van der Waals surface area contributed by atoms with E-state index in [1.807, 2.05) is 44.2 Å². The number of nitrogens with zero attached hydrogens (tertiary/aromatic N) is 1. The first kappa shape index (κ1) is 17.6. The fraction of sp³-hybridized carbons (Fsp3) is 0.429. The van der Waals surface area contributed by atoms with Crippen molar-refractivity contribution in [1.82, 2.24) is 0 Å². The lowest BCUT2D eigenvalue weighted by molar-refractivity contribution is 0.121.